The van der Waals surface area contributed by atoms with E-state index in [9.17, 15) is 17.6 Å². The molecule has 0 radical (unpaired) electrons. The maximum atomic E-state index is 13.3. The minimum Gasteiger partial charge on any atom is -0.256 e. The topological polar surface area (TPSA) is 38.7 Å². The van der Waals surface area contributed by atoms with E-state index in [2.05, 4.69) is 15.0 Å². The van der Waals surface area contributed by atoms with Crippen LogP contribution in [-0.2, 0) is 6.18 Å². The Morgan fingerprint density at radius 1 is 0.905 bits per heavy atom. The predicted octanol–water partition coefficient (Wildman–Crippen LogP) is 3.85. The van der Waals surface area contributed by atoms with Crippen LogP contribution in [0.2, 0.25) is 0 Å². The minimum absolute atomic E-state index is 0.0617. The number of hydrogen-bond acceptors (Lipinski definition) is 3. The largest absolute Gasteiger partial charge is 0.433 e. The molecule has 0 N–H and O–H groups in total. The number of nitrogens with zero attached hydrogens (tertiary/aromatic N) is 3. The van der Waals surface area contributed by atoms with Gasteiger partial charge in [0.1, 0.15) is 11.5 Å². The molecule has 3 nitrogen and oxygen atoms in total. The molecule has 0 unspecified atom stereocenters. The molecule has 0 fully saturated rings. The van der Waals surface area contributed by atoms with Crippen molar-refractivity contribution >= 4 is 11.0 Å². The van der Waals surface area contributed by atoms with E-state index in [1.54, 1.807) is 6.07 Å². The van der Waals surface area contributed by atoms with E-state index in [4.69, 9.17) is 0 Å². The van der Waals surface area contributed by atoms with E-state index in [1.807, 2.05) is 0 Å². The van der Waals surface area contributed by atoms with E-state index in [0.717, 1.165) is 6.07 Å². The summed E-state index contributed by atoms with van der Waals surface area (Å²) in [6, 6.07) is 6.07. The summed E-state index contributed by atoms with van der Waals surface area (Å²) in [6.07, 6.45) is -1.94. The molecule has 0 aromatic carbocycles. The number of pyridine rings is 3. The zero-order chi connectivity index (χ0) is 15.0. The van der Waals surface area contributed by atoms with Crippen LogP contribution in [0, 0.1) is 5.82 Å². The molecule has 0 spiro atoms. The number of fused-ring (bicyclic) bond motifs is 1. The molecule has 3 aromatic rings. The van der Waals surface area contributed by atoms with Crippen LogP contribution in [-0.4, -0.2) is 15.0 Å². The normalized spacial score (nSPS) is 11.8. The third-order valence-electron chi connectivity index (χ3n) is 2.89. The number of halogens is 4. The lowest BCUT2D eigenvalue weighted by atomic mass is 10.1. The fourth-order valence-electron chi connectivity index (χ4n) is 1.96. The molecule has 0 atom stereocenters. The average molecular weight is 293 g/mol. The van der Waals surface area contributed by atoms with Gasteiger partial charge < -0.3 is 0 Å². The molecular weight excluding hydrogens is 286 g/mol. The Labute approximate surface area is 116 Å². The van der Waals surface area contributed by atoms with Crippen molar-refractivity contribution < 1.29 is 17.6 Å². The van der Waals surface area contributed by atoms with Gasteiger partial charge >= 0.3 is 6.18 Å². The number of aromatic nitrogens is 3. The van der Waals surface area contributed by atoms with E-state index < -0.39 is 17.7 Å². The Morgan fingerprint density at radius 2 is 1.67 bits per heavy atom. The smallest absolute Gasteiger partial charge is 0.256 e. The first kappa shape index (κ1) is 13.4. The minimum atomic E-state index is -4.54. The van der Waals surface area contributed by atoms with Crippen LogP contribution in [0.15, 0.2) is 42.7 Å². The van der Waals surface area contributed by atoms with Crippen molar-refractivity contribution in [1.82, 2.24) is 15.0 Å². The summed E-state index contributed by atoms with van der Waals surface area (Å²) in [5.41, 5.74) is -0.301. The monoisotopic (exact) mass is 293 g/mol. The molecule has 0 aliphatic carbocycles. The van der Waals surface area contributed by atoms with Gasteiger partial charge in [-0.05, 0) is 24.3 Å². The average Bonchev–Trinajstić information content (AvgIpc) is 2.45. The molecule has 3 heterocycles. The predicted molar refractivity (Wildman–Crippen MR) is 67.7 cm³/mol. The molecule has 3 aromatic heterocycles. The third kappa shape index (κ3) is 2.54. The van der Waals surface area contributed by atoms with Crippen LogP contribution in [0.25, 0.3) is 22.3 Å². The van der Waals surface area contributed by atoms with Gasteiger partial charge in [-0.25, -0.2) is 14.4 Å². The van der Waals surface area contributed by atoms with E-state index in [1.165, 1.54) is 30.6 Å². The van der Waals surface area contributed by atoms with Gasteiger partial charge in [-0.3, -0.25) is 4.98 Å². The maximum Gasteiger partial charge on any atom is 0.433 e. The van der Waals surface area contributed by atoms with Crippen molar-refractivity contribution in [2.75, 3.05) is 0 Å². The first-order chi connectivity index (χ1) is 9.95. The standard InChI is InChI=1S/C14H7F4N3/c15-8-3-5-19-11(7-8)9-4-6-20-13-10(9)1-2-12(21-13)14(16,17)18/h1-7H. The summed E-state index contributed by atoms with van der Waals surface area (Å²) in [4.78, 5) is 11.3. The Kier molecular flexibility index (Phi) is 3.04. The van der Waals surface area contributed by atoms with Crippen molar-refractivity contribution in [3.63, 3.8) is 0 Å². The van der Waals surface area contributed by atoms with Crippen LogP contribution in [0.1, 0.15) is 5.69 Å². The second-order valence-corrected chi connectivity index (χ2v) is 4.28. The highest BCUT2D eigenvalue weighted by atomic mass is 19.4. The van der Waals surface area contributed by atoms with Crippen molar-refractivity contribution in [2.45, 2.75) is 6.18 Å². The zero-order valence-corrected chi connectivity index (χ0v) is 10.4. The van der Waals surface area contributed by atoms with Crippen molar-refractivity contribution in [3.05, 3.63) is 54.2 Å². The van der Waals surface area contributed by atoms with Gasteiger partial charge in [0.2, 0.25) is 0 Å². The van der Waals surface area contributed by atoms with Crippen LogP contribution in [0.3, 0.4) is 0 Å². The lowest BCUT2D eigenvalue weighted by Gasteiger charge is -2.08. The molecule has 0 saturated heterocycles. The molecule has 106 valence electrons. The second-order valence-electron chi connectivity index (χ2n) is 4.28. The Hall–Kier alpha value is -2.57. The van der Waals surface area contributed by atoms with Gasteiger partial charge in [0, 0.05) is 29.4 Å². The summed E-state index contributed by atoms with van der Waals surface area (Å²) in [5.74, 6) is -0.482. The first-order valence-electron chi connectivity index (χ1n) is 5.90. The van der Waals surface area contributed by atoms with Gasteiger partial charge in [-0.2, -0.15) is 13.2 Å². The quantitative estimate of drug-likeness (QED) is 0.640. The number of alkyl halides is 3. The van der Waals surface area contributed by atoms with E-state index >= 15 is 0 Å². The van der Waals surface area contributed by atoms with Gasteiger partial charge in [0.05, 0.1) is 5.69 Å². The summed E-state index contributed by atoms with van der Waals surface area (Å²) in [6.45, 7) is 0. The van der Waals surface area contributed by atoms with Crippen LogP contribution < -0.4 is 0 Å². The summed E-state index contributed by atoms with van der Waals surface area (Å²) in [7, 11) is 0. The van der Waals surface area contributed by atoms with Crippen molar-refractivity contribution in [2.24, 2.45) is 0 Å². The van der Waals surface area contributed by atoms with Gasteiger partial charge in [0.25, 0.3) is 0 Å². The van der Waals surface area contributed by atoms with Gasteiger partial charge in [-0.1, -0.05) is 0 Å². The van der Waals surface area contributed by atoms with Gasteiger partial charge in [-0.15, -0.1) is 0 Å². The van der Waals surface area contributed by atoms with Gasteiger partial charge in [0.15, 0.2) is 5.65 Å². The molecule has 0 aliphatic rings. The van der Waals surface area contributed by atoms with E-state index in [-0.39, 0.29) is 5.65 Å². The SMILES string of the molecule is Fc1ccnc(-c2ccnc3nc(C(F)(F)F)ccc23)c1. The number of hydrogen-bond donors (Lipinski definition) is 0. The Morgan fingerprint density at radius 3 is 2.38 bits per heavy atom. The fraction of sp³-hybridized carbons (Fsp3) is 0.0714. The number of rotatable bonds is 1. The summed E-state index contributed by atoms with van der Waals surface area (Å²) >= 11 is 0. The van der Waals surface area contributed by atoms with Crippen molar-refractivity contribution in [1.29, 1.82) is 0 Å². The van der Waals surface area contributed by atoms with E-state index in [0.29, 0.717) is 16.6 Å². The first-order valence-corrected chi connectivity index (χ1v) is 5.90. The molecule has 0 saturated carbocycles. The highest BCUT2D eigenvalue weighted by Crippen LogP contribution is 2.31. The molecule has 21 heavy (non-hydrogen) atoms. The lowest BCUT2D eigenvalue weighted by molar-refractivity contribution is -0.141. The summed E-state index contributed by atoms with van der Waals surface area (Å²) < 4.78 is 51.2. The molecule has 7 heteroatoms. The third-order valence-corrected chi connectivity index (χ3v) is 2.89. The zero-order valence-electron chi connectivity index (χ0n) is 10.4. The summed E-state index contributed by atoms with van der Waals surface area (Å²) in [5, 5.41) is 0.378. The molecule has 0 aliphatic heterocycles. The van der Waals surface area contributed by atoms with Crippen LogP contribution >= 0.6 is 0 Å². The van der Waals surface area contributed by atoms with Crippen LogP contribution in [0.4, 0.5) is 17.6 Å². The Balaban J connectivity index is 2.22. The van der Waals surface area contributed by atoms with Crippen molar-refractivity contribution in [3.8, 4) is 11.3 Å². The molecule has 0 bridgehead atoms. The lowest BCUT2D eigenvalue weighted by Crippen LogP contribution is -2.08. The highest BCUT2D eigenvalue weighted by Gasteiger charge is 2.32. The second kappa shape index (κ2) is 4.76. The molecule has 0 amide bonds. The Bertz CT molecular complexity index is 815. The molecular formula is C14H7F4N3. The highest BCUT2D eigenvalue weighted by molar-refractivity contribution is 5.91. The fourth-order valence-corrected chi connectivity index (χ4v) is 1.96. The molecule has 3 rings (SSSR count). The maximum absolute atomic E-state index is 13.3. The van der Waals surface area contributed by atoms with Crippen LogP contribution in [0.5, 0.6) is 0 Å².